The topological polar surface area (TPSA) is 9.23 Å². The summed E-state index contributed by atoms with van der Waals surface area (Å²) in [6, 6.07) is 3.28. The van der Waals surface area contributed by atoms with E-state index in [1.54, 1.807) is 19.1 Å². The van der Waals surface area contributed by atoms with Gasteiger partial charge in [0.05, 0.1) is 6.61 Å². The van der Waals surface area contributed by atoms with Crippen molar-refractivity contribution in [2.75, 3.05) is 6.61 Å². The van der Waals surface area contributed by atoms with Crippen LogP contribution in [0.15, 0.2) is 12.1 Å². The smallest absolute Gasteiger partial charge is 0.200 e. The first kappa shape index (κ1) is 21.6. The predicted molar refractivity (Wildman–Crippen MR) is 112 cm³/mol. The Morgan fingerprint density at radius 2 is 1.68 bits per heavy atom. The normalized spacial score (nSPS) is 24.9. The van der Waals surface area contributed by atoms with E-state index in [2.05, 4.69) is 6.92 Å². The van der Waals surface area contributed by atoms with E-state index in [1.807, 2.05) is 0 Å². The highest BCUT2D eigenvalue weighted by Crippen LogP contribution is 2.52. The van der Waals surface area contributed by atoms with Gasteiger partial charge >= 0.3 is 0 Å². The third-order valence-electron chi connectivity index (χ3n) is 7.56. The second-order valence-electron chi connectivity index (χ2n) is 9.21. The van der Waals surface area contributed by atoms with Crippen LogP contribution in [0.2, 0.25) is 0 Å². The lowest BCUT2D eigenvalue weighted by molar-refractivity contribution is 0.0445. The van der Waals surface area contributed by atoms with Crippen molar-refractivity contribution in [1.82, 2.24) is 0 Å². The maximum atomic E-state index is 14.3. The Kier molecular flexibility index (Phi) is 7.77. The molecule has 2 aliphatic carbocycles. The molecule has 2 aliphatic rings. The number of benzene rings is 1. The maximum Gasteiger partial charge on any atom is 0.200 e. The molecule has 0 aliphatic heterocycles. The van der Waals surface area contributed by atoms with Crippen LogP contribution in [-0.4, -0.2) is 6.61 Å². The fraction of sp³-hybridized carbons (Fsp3) is 0.760. The van der Waals surface area contributed by atoms with Crippen LogP contribution in [0.25, 0.3) is 0 Å². The van der Waals surface area contributed by atoms with Crippen molar-refractivity contribution in [2.45, 2.75) is 97.3 Å². The molecule has 1 aromatic carbocycles. The summed E-state index contributed by atoms with van der Waals surface area (Å²) in [6.45, 7) is 4.46. The van der Waals surface area contributed by atoms with Gasteiger partial charge in [0, 0.05) is 0 Å². The quantitative estimate of drug-likeness (QED) is 0.437. The van der Waals surface area contributed by atoms with Crippen LogP contribution in [0.4, 0.5) is 8.78 Å². The highest BCUT2D eigenvalue weighted by molar-refractivity contribution is 5.31. The van der Waals surface area contributed by atoms with E-state index >= 15 is 0 Å². The molecule has 2 saturated carbocycles. The molecule has 0 radical (unpaired) electrons. The summed E-state index contributed by atoms with van der Waals surface area (Å²) in [7, 11) is 0. The zero-order valence-corrected chi connectivity index (χ0v) is 17.9. The van der Waals surface area contributed by atoms with E-state index in [1.165, 1.54) is 70.6 Å². The standard InChI is InChI=1S/C25H38F2O/c1-3-16-25(17-6-5-7-18-25)21-13-9-19(10-14-21)8-11-20-12-15-22(28-4-2)24(27)23(20)26/h12,15,19,21H,3-11,13-14,16-18H2,1-2H3. The van der Waals surface area contributed by atoms with Crippen molar-refractivity contribution in [2.24, 2.45) is 17.3 Å². The van der Waals surface area contributed by atoms with Gasteiger partial charge in [-0.3, -0.25) is 0 Å². The van der Waals surface area contributed by atoms with E-state index < -0.39 is 11.6 Å². The van der Waals surface area contributed by atoms with Gasteiger partial charge in [0.15, 0.2) is 11.6 Å². The number of hydrogen-bond donors (Lipinski definition) is 0. The molecule has 0 saturated heterocycles. The summed E-state index contributed by atoms with van der Waals surface area (Å²) < 4.78 is 33.6. The fourth-order valence-corrected chi connectivity index (χ4v) is 6.07. The number of aryl methyl sites for hydroxylation is 1. The molecule has 0 atom stereocenters. The van der Waals surface area contributed by atoms with Crippen LogP contribution in [0.3, 0.4) is 0 Å². The molecule has 1 nitrogen and oxygen atoms in total. The lowest BCUT2D eigenvalue weighted by Gasteiger charge is -2.47. The van der Waals surface area contributed by atoms with E-state index in [4.69, 9.17) is 4.74 Å². The SMILES string of the molecule is CCCC1(C2CCC(CCc3ccc(OCC)c(F)c3F)CC2)CCCCC1. The molecule has 0 bridgehead atoms. The lowest BCUT2D eigenvalue weighted by atomic mass is 9.59. The summed E-state index contributed by atoms with van der Waals surface area (Å²) in [5, 5.41) is 0. The van der Waals surface area contributed by atoms with Crippen molar-refractivity contribution in [3.8, 4) is 5.75 Å². The number of ether oxygens (including phenoxy) is 1. The molecule has 0 N–H and O–H groups in total. The van der Waals surface area contributed by atoms with Crippen LogP contribution in [0.1, 0.15) is 96.5 Å². The van der Waals surface area contributed by atoms with Gasteiger partial charge in [-0.25, -0.2) is 4.39 Å². The Labute approximate surface area is 170 Å². The van der Waals surface area contributed by atoms with Crippen LogP contribution in [-0.2, 0) is 6.42 Å². The number of halogens is 2. The summed E-state index contributed by atoms with van der Waals surface area (Å²) in [5.41, 5.74) is 1.11. The van der Waals surface area contributed by atoms with Crippen molar-refractivity contribution < 1.29 is 13.5 Å². The van der Waals surface area contributed by atoms with Gasteiger partial charge in [0.2, 0.25) is 5.82 Å². The van der Waals surface area contributed by atoms with E-state index in [0.29, 0.717) is 29.9 Å². The second kappa shape index (κ2) is 10.1. The Morgan fingerprint density at radius 3 is 2.32 bits per heavy atom. The molecule has 3 rings (SSSR count). The highest BCUT2D eigenvalue weighted by atomic mass is 19.2. The van der Waals surface area contributed by atoms with Crippen molar-refractivity contribution >= 4 is 0 Å². The average Bonchev–Trinajstić information content (AvgIpc) is 2.72. The largest absolute Gasteiger partial charge is 0.491 e. The lowest BCUT2D eigenvalue weighted by Crippen LogP contribution is -2.35. The second-order valence-corrected chi connectivity index (χ2v) is 9.21. The fourth-order valence-electron chi connectivity index (χ4n) is 6.07. The van der Waals surface area contributed by atoms with Gasteiger partial charge in [-0.1, -0.05) is 51.5 Å². The summed E-state index contributed by atoms with van der Waals surface area (Å²) in [6.07, 6.45) is 16.6. The molecular formula is C25H38F2O. The predicted octanol–water partition coefficient (Wildman–Crippen LogP) is 7.85. The van der Waals surface area contributed by atoms with Crippen LogP contribution in [0.5, 0.6) is 5.75 Å². The molecule has 0 heterocycles. The molecule has 1 aromatic rings. The molecule has 28 heavy (non-hydrogen) atoms. The summed E-state index contributed by atoms with van der Waals surface area (Å²) in [5.74, 6) is 0.0276. The minimum Gasteiger partial charge on any atom is -0.491 e. The number of rotatable bonds is 8. The first-order chi connectivity index (χ1) is 13.6. The van der Waals surface area contributed by atoms with E-state index in [-0.39, 0.29) is 5.75 Å². The molecule has 0 unspecified atom stereocenters. The Balaban J connectivity index is 1.53. The molecule has 158 valence electrons. The maximum absolute atomic E-state index is 14.3. The number of hydrogen-bond acceptors (Lipinski definition) is 1. The van der Waals surface area contributed by atoms with Crippen molar-refractivity contribution in [1.29, 1.82) is 0 Å². The molecule has 0 aromatic heterocycles. The molecule has 2 fully saturated rings. The van der Waals surface area contributed by atoms with Crippen LogP contribution >= 0.6 is 0 Å². The van der Waals surface area contributed by atoms with Gasteiger partial charge in [-0.15, -0.1) is 0 Å². The third-order valence-corrected chi connectivity index (χ3v) is 7.56. The average molecular weight is 393 g/mol. The Bertz CT molecular complexity index is 608. The Morgan fingerprint density at radius 1 is 0.964 bits per heavy atom. The monoisotopic (exact) mass is 392 g/mol. The molecule has 3 heteroatoms. The van der Waals surface area contributed by atoms with Crippen LogP contribution < -0.4 is 4.74 Å². The molecule has 0 spiro atoms. The van der Waals surface area contributed by atoms with E-state index in [9.17, 15) is 8.78 Å². The molecular weight excluding hydrogens is 354 g/mol. The van der Waals surface area contributed by atoms with Gasteiger partial charge in [-0.2, -0.15) is 4.39 Å². The minimum atomic E-state index is -0.832. The van der Waals surface area contributed by atoms with Gasteiger partial charge in [-0.05, 0) is 80.8 Å². The third kappa shape index (κ3) is 4.89. The first-order valence-corrected chi connectivity index (χ1v) is 11.7. The summed E-state index contributed by atoms with van der Waals surface area (Å²) >= 11 is 0. The van der Waals surface area contributed by atoms with E-state index in [0.717, 1.165) is 12.3 Å². The van der Waals surface area contributed by atoms with Gasteiger partial charge in [0.25, 0.3) is 0 Å². The molecule has 0 amide bonds. The van der Waals surface area contributed by atoms with Crippen LogP contribution in [0, 0.1) is 28.9 Å². The Hall–Kier alpha value is -1.12. The summed E-state index contributed by atoms with van der Waals surface area (Å²) in [4.78, 5) is 0. The van der Waals surface area contributed by atoms with Gasteiger partial charge < -0.3 is 4.74 Å². The zero-order chi connectivity index (χ0) is 20.0. The van der Waals surface area contributed by atoms with Crippen molar-refractivity contribution in [3.05, 3.63) is 29.3 Å². The zero-order valence-electron chi connectivity index (χ0n) is 17.9. The first-order valence-electron chi connectivity index (χ1n) is 11.7. The van der Waals surface area contributed by atoms with Gasteiger partial charge in [0.1, 0.15) is 0 Å². The minimum absolute atomic E-state index is 0.0259. The van der Waals surface area contributed by atoms with Crippen molar-refractivity contribution in [3.63, 3.8) is 0 Å². The highest BCUT2D eigenvalue weighted by Gasteiger charge is 2.40.